The van der Waals surface area contributed by atoms with E-state index < -0.39 is 0 Å². The second-order valence-electron chi connectivity index (χ2n) is 6.69. The Morgan fingerprint density at radius 3 is 2.62 bits per heavy atom. The molecule has 0 saturated heterocycles. The molecule has 1 aromatic heterocycles. The molecule has 0 aliphatic heterocycles. The third-order valence-corrected chi connectivity index (χ3v) is 4.20. The number of para-hydroxylation sites is 1. The summed E-state index contributed by atoms with van der Waals surface area (Å²) in [5.41, 5.74) is 2.86. The van der Waals surface area contributed by atoms with E-state index in [0.717, 1.165) is 37.9 Å². The number of hydrogen-bond donors (Lipinski definition) is 1. The van der Waals surface area contributed by atoms with Gasteiger partial charge in [0.25, 0.3) is 0 Å². The third-order valence-electron chi connectivity index (χ3n) is 4.20. The highest BCUT2D eigenvalue weighted by Gasteiger charge is 2.09. The normalized spacial score (nSPS) is 13.2. The van der Waals surface area contributed by atoms with Gasteiger partial charge < -0.3 is 9.88 Å². The van der Waals surface area contributed by atoms with E-state index in [9.17, 15) is 0 Å². The molecular weight excluding hydrogens is 256 g/mol. The summed E-state index contributed by atoms with van der Waals surface area (Å²) in [5, 5.41) is 4.97. The van der Waals surface area contributed by atoms with Gasteiger partial charge in [-0.2, -0.15) is 0 Å². The summed E-state index contributed by atoms with van der Waals surface area (Å²) >= 11 is 0. The van der Waals surface area contributed by atoms with Crippen LogP contribution >= 0.6 is 0 Å². The van der Waals surface area contributed by atoms with Crippen molar-refractivity contribution in [1.29, 1.82) is 0 Å². The Hall–Kier alpha value is -1.28. The molecule has 1 heterocycles. The molecule has 0 fully saturated rings. The molecule has 1 atom stereocenters. The maximum Gasteiger partial charge on any atom is 0.0483 e. The first-order valence-electron chi connectivity index (χ1n) is 8.39. The van der Waals surface area contributed by atoms with Crippen molar-refractivity contribution < 1.29 is 0 Å². The van der Waals surface area contributed by atoms with Gasteiger partial charge in [-0.15, -0.1) is 0 Å². The largest absolute Gasteiger partial charge is 0.347 e. The Kier molecular flexibility index (Phi) is 5.86. The maximum atomic E-state index is 3.55. The van der Waals surface area contributed by atoms with Gasteiger partial charge in [-0.3, -0.25) is 0 Å². The zero-order valence-corrected chi connectivity index (χ0v) is 14.0. The first-order chi connectivity index (χ1) is 10.1. The fraction of sp³-hybridized carbons (Fsp3) is 0.579. The predicted molar refractivity (Wildman–Crippen MR) is 92.8 cm³/mol. The van der Waals surface area contributed by atoms with Crippen LogP contribution < -0.4 is 5.32 Å². The minimum Gasteiger partial charge on any atom is -0.347 e. The topological polar surface area (TPSA) is 17.0 Å². The lowest BCUT2D eigenvalue weighted by Gasteiger charge is -2.10. The summed E-state index contributed by atoms with van der Waals surface area (Å²) in [6.45, 7) is 12.4. The van der Waals surface area contributed by atoms with Crippen LogP contribution in [-0.4, -0.2) is 17.7 Å². The lowest BCUT2D eigenvalue weighted by molar-refractivity contribution is 0.477. The number of aromatic nitrogens is 1. The molecule has 0 bridgehead atoms. The van der Waals surface area contributed by atoms with Gasteiger partial charge in [-0.1, -0.05) is 52.3 Å². The molecule has 0 amide bonds. The Labute approximate surface area is 129 Å². The molecule has 0 saturated carbocycles. The van der Waals surface area contributed by atoms with E-state index in [1.165, 1.54) is 22.9 Å². The lowest BCUT2D eigenvalue weighted by Crippen LogP contribution is -2.22. The van der Waals surface area contributed by atoms with Crippen LogP contribution in [0, 0.1) is 11.8 Å². The van der Waals surface area contributed by atoms with E-state index in [4.69, 9.17) is 0 Å². The summed E-state index contributed by atoms with van der Waals surface area (Å²) in [6.07, 6.45) is 4.71. The Morgan fingerprint density at radius 1 is 1.14 bits per heavy atom. The van der Waals surface area contributed by atoms with Crippen LogP contribution in [0.4, 0.5) is 0 Å². The van der Waals surface area contributed by atoms with Crippen LogP contribution in [0.25, 0.3) is 10.9 Å². The second kappa shape index (κ2) is 7.65. The average Bonchev–Trinajstić information content (AvgIpc) is 2.82. The molecule has 2 rings (SSSR count). The van der Waals surface area contributed by atoms with Gasteiger partial charge in [0.2, 0.25) is 0 Å². The van der Waals surface area contributed by atoms with E-state index in [2.05, 4.69) is 68.0 Å². The summed E-state index contributed by atoms with van der Waals surface area (Å²) < 4.78 is 2.45. The van der Waals surface area contributed by atoms with Gasteiger partial charge in [-0.25, -0.2) is 0 Å². The van der Waals surface area contributed by atoms with Gasteiger partial charge in [0.1, 0.15) is 0 Å². The number of nitrogens with zero attached hydrogens (tertiary/aromatic N) is 1. The van der Waals surface area contributed by atoms with Gasteiger partial charge in [0, 0.05) is 23.6 Å². The fourth-order valence-corrected chi connectivity index (χ4v) is 2.75. The van der Waals surface area contributed by atoms with Crippen molar-refractivity contribution >= 4 is 10.9 Å². The minimum absolute atomic E-state index is 0.719. The molecule has 0 spiro atoms. The van der Waals surface area contributed by atoms with Gasteiger partial charge in [0.05, 0.1) is 0 Å². The molecule has 1 aromatic carbocycles. The van der Waals surface area contributed by atoms with Crippen LogP contribution in [0.1, 0.15) is 39.7 Å². The van der Waals surface area contributed by atoms with Crippen molar-refractivity contribution in [3.8, 4) is 0 Å². The zero-order valence-electron chi connectivity index (χ0n) is 14.0. The van der Waals surface area contributed by atoms with Gasteiger partial charge >= 0.3 is 0 Å². The highest BCUT2D eigenvalue weighted by molar-refractivity contribution is 5.84. The number of rotatable bonds is 8. The molecule has 1 unspecified atom stereocenters. The number of hydrogen-bond acceptors (Lipinski definition) is 1. The summed E-state index contributed by atoms with van der Waals surface area (Å²) in [4.78, 5) is 0. The average molecular weight is 286 g/mol. The minimum atomic E-state index is 0.719. The maximum absolute atomic E-state index is 3.55. The molecule has 1 N–H and O–H groups in total. The van der Waals surface area contributed by atoms with Crippen LogP contribution in [0.15, 0.2) is 30.5 Å². The lowest BCUT2D eigenvalue weighted by atomic mass is 10.1. The van der Waals surface area contributed by atoms with Crippen molar-refractivity contribution in [3.63, 3.8) is 0 Å². The highest BCUT2D eigenvalue weighted by atomic mass is 15.0. The first-order valence-corrected chi connectivity index (χ1v) is 8.39. The SMILES string of the molecule is CCC(C)Cn1cc(CCNCC(C)C)c2ccccc21. The van der Waals surface area contributed by atoms with Gasteiger partial charge in [-0.05, 0) is 43.0 Å². The Balaban J connectivity index is 2.12. The molecule has 0 aliphatic carbocycles. The van der Waals surface area contributed by atoms with Gasteiger partial charge in [0.15, 0.2) is 0 Å². The summed E-state index contributed by atoms with van der Waals surface area (Å²) in [5.74, 6) is 1.45. The molecular formula is C19H30N2. The monoisotopic (exact) mass is 286 g/mol. The molecule has 0 aliphatic rings. The van der Waals surface area contributed by atoms with E-state index >= 15 is 0 Å². The Bertz CT molecular complexity index is 554. The van der Waals surface area contributed by atoms with Crippen molar-refractivity contribution in [3.05, 3.63) is 36.0 Å². The van der Waals surface area contributed by atoms with Crippen LogP contribution in [0.2, 0.25) is 0 Å². The highest BCUT2D eigenvalue weighted by Crippen LogP contribution is 2.23. The first kappa shape index (κ1) is 16.1. The van der Waals surface area contributed by atoms with Crippen molar-refractivity contribution in [2.45, 2.75) is 47.1 Å². The van der Waals surface area contributed by atoms with E-state index in [1.807, 2.05) is 0 Å². The summed E-state index contributed by atoms with van der Waals surface area (Å²) in [7, 11) is 0. The molecule has 2 nitrogen and oxygen atoms in total. The van der Waals surface area contributed by atoms with Crippen molar-refractivity contribution in [1.82, 2.24) is 9.88 Å². The Morgan fingerprint density at radius 2 is 1.90 bits per heavy atom. The van der Waals surface area contributed by atoms with Crippen LogP contribution in [0.3, 0.4) is 0 Å². The predicted octanol–water partition coefficient (Wildman–Crippen LogP) is 4.48. The number of fused-ring (bicyclic) bond motifs is 1. The number of nitrogens with one attached hydrogen (secondary N) is 1. The quantitative estimate of drug-likeness (QED) is 0.708. The van der Waals surface area contributed by atoms with Crippen molar-refractivity contribution in [2.75, 3.05) is 13.1 Å². The fourth-order valence-electron chi connectivity index (χ4n) is 2.75. The molecule has 116 valence electrons. The molecule has 0 radical (unpaired) electrons. The number of benzene rings is 1. The second-order valence-corrected chi connectivity index (χ2v) is 6.69. The van der Waals surface area contributed by atoms with E-state index in [0.29, 0.717) is 0 Å². The van der Waals surface area contributed by atoms with E-state index in [1.54, 1.807) is 0 Å². The smallest absolute Gasteiger partial charge is 0.0483 e. The van der Waals surface area contributed by atoms with Crippen LogP contribution in [0.5, 0.6) is 0 Å². The zero-order chi connectivity index (χ0) is 15.2. The van der Waals surface area contributed by atoms with E-state index in [-0.39, 0.29) is 0 Å². The standard InChI is InChI=1S/C19H30N2/c1-5-16(4)13-21-14-17(10-11-20-12-15(2)3)18-8-6-7-9-19(18)21/h6-9,14-16,20H,5,10-13H2,1-4H3. The molecule has 21 heavy (non-hydrogen) atoms. The third kappa shape index (κ3) is 4.34. The van der Waals surface area contributed by atoms with Crippen LogP contribution in [-0.2, 0) is 13.0 Å². The molecule has 2 aromatic rings. The molecule has 2 heteroatoms. The summed E-state index contributed by atoms with van der Waals surface area (Å²) in [6, 6.07) is 8.82. The van der Waals surface area contributed by atoms with Crippen molar-refractivity contribution in [2.24, 2.45) is 11.8 Å².